The van der Waals surface area contributed by atoms with Crippen LogP contribution in [0.25, 0.3) is 0 Å². The first-order valence-corrected chi connectivity index (χ1v) is 9.69. The fourth-order valence-electron chi connectivity index (χ4n) is 3.80. The minimum absolute atomic E-state index is 0.600. The monoisotopic (exact) mass is 584 g/mol. The summed E-state index contributed by atoms with van der Waals surface area (Å²) in [6.45, 7) is -2.60. The molecule has 0 spiro atoms. The summed E-state index contributed by atoms with van der Waals surface area (Å²) in [5.41, 5.74) is -6.92. The number of carbonyl (C=O) groups excluding carboxylic acids is 1. The average molecular weight is 584 g/mol. The van der Waals surface area contributed by atoms with Crippen LogP contribution in [0.4, 0.5) is 70.7 Å². The van der Waals surface area contributed by atoms with Crippen molar-refractivity contribution < 1.29 is 80.1 Å². The van der Waals surface area contributed by atoms with Gasteiger partial charge in [-0.2, -0.15) is 65.9 Å². The third-order valence-electron chi connectivity index (χ3n) is 5.70. The first-order valence-electron chi connectivity index (χ1n) is 9.69. The van der Waals surface area contributed by atoms with E-state index in [4.69, 9.17) is 0 Å². The molecule has 3 unspecified atom stereocenters. The molecule has 2 amide bonds. The number of ether oxygens (including phenoxy) is 2. The number of carbonyl (C=O) groups is 1. The smallest absolute Gasteiger partial charge is 0.380 e. The van der Waals surface area contributed by atoms with Crippen LogP contribution < -0.4 is 0 Å². The topological polar surface area (TPSA) is 42.0 Å². The number of hydrogen-bond acceptors (Lipinski definition) is 3. The Bertz CT molecular complexity index is 798. The molecule has 1 rings (SSSR count). The second-order valence-corrected chi connectivity index (χ2v) is 8.07. The molecular formula is C17H19F15N2O3. The Morgan fingerprint density at radius 2 is 1.05 bits per heavy atom. The fraction of sp³-hybridized carbons (Fsp3) is 0.941. The molecule has 1 saturated heterocycles. The third kappa shape index (κ3) is 4.87. The van der Waals surface area contributed by atoms with Crippen molar-refractivity contribution in [2.45, 2.75) is 73.9 Å². The van der Waals surface area contributed by atoms with Gasteiger partial charge in [-0.15, -0.1) is 0 Å². The van der Waals surface area contributed by atoms with E-state index in [1.807, 2.05) is 0 Å². The molecule has 1 fully saturated rings. The van der Waals surface area contributed by atoms with Crippen molar-refractivity contribution in [1.82, 2.24) is 9.80 Å². The van der Waals surface area contributed by atoms with Gasteiger partial charge in [0.1, 0.15) is 6.04 Å². The van der Waals surface area contributed by atoms with Gasteiger partial charge in [0.05, 0.1) is 12.2 Å². The van der Waals surface area contributed by atoms with Crippen molar-refractivity contribution in [3.63, 3.8) is 0 Å². The lowest BCUT2D eigenvalue weighted by atomic mass is 9.73. The van der Waals surface area contributed by atoms with Crippen molar-refractivity contribution in [3.8, 4) is 0 Å². The standard InChI is InChI=1S/C17H19F15N2O3/c1-7(36-3)5-33-9(12(18,19)15(24,25)26)11(13(20,21)16(27,28)29,14(22,23)17(30,31)32)34(10(33)35)6-8(2)37-4/h7-9H,5-6H2,1-4H3. The van der Waals surface area contributed by atoms with Gasteiger partial charge < -0.3 is 19.3 Å². The van der Waals surface area contributed by atoms with Gasteiger partial charge in [0.15, 0.2) is 0 Å². The molecule has 220 valence electrons. The highest BCUT2D eigenvalue weighted by Crippen LogP contribution is 2.65. The second-order valence-electron chi connectivity index (χ2n) is 8.07. The lowest BCUT2D eigenvalue weighted by Gasteiger charge is -2.51. The van der Waals surface area contributed by atoms with Crippen molar-refractivity contribution in [2.24, 2.45) is 0 Å². The van der Waals surface area contributed by atoms with Crippen molar-refractivity contribution >= 4 is 6.03 Å². The Hall–Kier alpha value is -1.86. The van der Waals surface area contributed by atoms with Crippen LogP contribution in [-0.2, 0) is 9.47 Å². The lowest BCUT2D eigenvalue weighted by molar-refractivity contribution is -0.419. The summed E-state index contributed by atoms with van der Waals surface area (Å²) in [6, 6.07) is -8.31. The van der Waals surface area contributed by atoms with Crippen LogP contribution in [0.1, 0.15) is 13.8 Å². The van der Waals surface area contributed by atoms with Crippen LogP contribution in [0, 0.1) is 0 Å². The van der Waals surface area contributed by atoms with Gasteiger partial charge in [0.2, 0.25) is 5.54 Å². The predicted octanol–water partition coefficient (Wildman–Crippen LogP) is 5.49. The minimum atomic E-state index is -7.73. The highest BCUT2D eigenvalue weighted by molar-refractivity contribution is 5.80. The van der Waals surface area contributed by atoms with Crippen LogP contribution in [0.2, 0.25) is 0 Å². The number of amides is 2. The average Bonchev–Trinajstić information content (AvgIpc) is 2.95. The van der Waals surface area contributed by atoms with E-state index >= 15 is 0 Å². The summed E-state index contributed by atoms with van der Waals surface area (Å²) in [5.74, 6) is -22.6. The summed E-state index contributed by atoms with van der Waals surface area (Å²) in [5, 5.41) is 0. The molecule has 20 heteroatoms. The number of halogens is 15. The van der Waals surface area contributed by atoms with Gasteiger partial charge in [0, 0.05) is 27.3 Å². The zero-order chi connectivity index (χ0) is 29.8. The molecule has 1 heterocycles. The Kier molecular flexibility index (Phi) is 8.70. The number of urea groups is 1. The third-order valence-corrected chi connectivity index (χ3v) is 5.70. The highest BCUT2D eigenvalue weighted by Gasteiger charge is 2.96. The molecule has 3 atom stereocenters. The van der Waals surface area contributed by atoms with Crippen LogP contribution in [-0.4, -0.2) is 103 Å². The minimum Gasteiger partial charge on any atom is -0.380 e. The lowest BCUT2D eigenvalue weighted by Crippen LogP contribution is -2.83. The van der Waals surface area contributed by atoms with E-state index < -0.39 is 89.0 Å². The number of rotatable bonds is 9. The molecule has 0 aromatic heterocycles. The maximum absolute atomic E-state index is 15.0. The summed E-state index contributed by atoms with van der Waals surface area (Å²) in [4.78, 5) is 9.88. The van der Waals surface area contributed by atoms with Crippen molar-refractivity contribution in [1.29, 1.82) is 0 Å². The highest BCUT2D eigenvalue weighted by atomic mass is 19.4. The van der Waals surface area contributed by atoms with E-state index in [2.05, 4.69) is 9.47 Å². The first-order chi connectivity index (χ1) is 16.2. The maximum Gasteiger partial charge on any atom is 0.456 e. The van der Waals surface area contributed by atoms with Crippen LogP contribution in [0.3, 0.4) is 0 Å². The molecule has 5 nitrogen and oxygen atoms in total. The second kappa shape index (κ2) is 9.71. The molecule has 37 heavy (non-hydrogen) atoms. The normalized spacial score (nSPS) is 22.0. The van der Waals surface area contributed by atoms with Crippen LogP contribution in [0.15, 0.2) is 0 Å². The Morgan fingerprint density at radius 1 is 0.703 bits per heavy atom. The van der Waals surface area contributed by atoms with Gasteiger partial charge >= 0.3 is 42.3 Å². The molecule has 0 saturated carbocycles. The molecule has 0 aliphatic carbocycles. The van der Waals surface area contributed by atoms with Crippen molar-refractivity contribution in [2.75, 3.05) is 27.3 Å². The van der Waals surface area contributed by atoms with E-state index in [1.54, 1.807) is 0 Å². The summed E-state index contributed by atoms with van der Waals surface area (Å²) in [7, 11) is 1.28. The molecule has 1 aliphatic heterocycles. The van der Waals surface area contributed by atoms with E-state index in [0.717, 1.165) is 6.92 Å². The Labute approximate surface area is 198 Å². The number of methoxy groups -OCH3 is 2. The number of hydrogen-bond donors (Lipinski definition) is 0. The van der Waals surface area contributed by atoms with Gasteiger partial charge in [-0.25, -0.2) is 4.79 Å². The Balaban J connectivity index is 4.52. The fourth-order valence-corrected chi connectivity index (χ4v) is 3.80. The first kappa shape index (κ1) is 33.2. The molecule has 0 aromatic carbocycles. The van der Waals surface area contributed by atoms with E-state index in [0.29, 0.717) is 21.1 Å². The van der Waals surface area contributed by atoms with Crippen molar-refractivity contribution in [3.05, 3.63) is 0 Å². The van der Waals surface area contributed by atoms with Gasteiger partial charge in [-0.05, 0) is 13.8 Å². The molecule has 0 aromatic rings. The molecule has 0 bridgehead atoms. The molecule has 1 aliphatic rings. The van der Waals surface area contributed by atoms with E-state index in [9.17, 15) is 70.7 Å². The molecule has 0 N–H and O–H groups in total. The quantitative estimate of drug-likeness (QED) is 0.337. The SMILES string of the molecule is COC(C)CN1C(=O)N(CC(C)OC)C(C(F)(F)C(F)(F)F)(C(F)(F)C(F)(F)F)C1C(F)(F)C(F)(F)F. The number of nitrogens with zero attached hydrogens (tertiary/aromatic N) is 2. The predicted molar refractivity (Wildman–Crippen MR) is 91.3 cm³/mol. The molecule has 0 radical (unpaired) electrons. The summed E-state index contributed by atoms with van der Waals surface area (Å²) >= 11 is 0. The maximum atomic E-state index is 15.0. The summed E-state index contributed by atoms with van der Waals surface area (Å²) in [6.07, 6.45) is -26.4. The van der Waals surface area contributed by atoms with Crippen LogP contribution in [0.5, 0.6) is 0 Å². The van der Waals surface area contributed by atoms with Gasteiger partial charge in [0.25, 0.3) is 0 Å². The largest absolute Gasteiger partial charge is 0.456 e. The molecular weight excluding hydrogens is 565 g/mol. The van der Waals surface area contributed by atoms with Crippen LogP contribution >= 0.6 is 0 Å². The Morgan fingerprint density at radius 3 is 1.35 bits per heavy atom. The van der Waals surface area contributed by atoms with E-state index in [-0.39, 0.29) is 0 Å². The van der Waals surface area contributed by atoms with Gasteiger partial charge in [-0.3, -0.25) is 0 Å². The number of alkyl halides is 15. The summed E-state index contributed by atoms with van der Waals surface area (Å²) < 4.78 is 219. The van der Waals surface area contributed by atoms with Gasteiger partial charge in [-0.1, -0.05) is 0 Å². The zero-order valence-corrected chi connectivity index (χ0v) is 18.9. The van der Waals surface area contributed by atoms with E-state index in [1.165, 1.54) is 0 Å². The zero-order valence-electron chi connectivity index (χ0n) is 18.9.